The summed E-state index contributed by atoms with van der Waals surface area (Å²) in [5.41, 5.74) is 0.527. The van der Waals surface area contributed by atoms with Gasteiger partial charge in [-0.3, -0.25) is 19.5 Å². The van der Waals surface area contributed by atoms with Gasteiger partial charge in [0.05, 0.1) is 24.9 Å². The van der Waals surface area contributed by atoms with Crippen LogP contribution in [0.2, 0.25) is 0 Å². The summed E-state index contributed by atoms with van der Waals surface area (Å²) in [6.45, 7) is 1.13. The predicted molar refractivity (Wildman–Crippen MR) is 154 cm³/mol. The third-order valence-electron chi connectivity index (χ3n) is 8.39. The Labute approximate surface area is 248 Å². The molecule has 1 aliphatic heterocycles. The van der Waals surface area contributed by atoms with E-state index in [0.29, 0.717) is 25.1 Å². The number of nitrogens with one attached hydrogen (secondary N) is 2. The summed E-state index contributed by atoms with van der Waals surface area (Å²) in [5.74, 6) is -0.370. The number of carbonyl (C=O) groups excluding carboxylic acids is 2. The van der Waals surface area contributed by atoms with Crippen molar-refractivity contribution in [3.05, 3.63) is 83.7 Å². The first kappa shape index (κ1) is 30.5. The Hall–Kier alpha value is -3.96. The zero-order valence-corrected chi connectivity index (χ0v) is 23.9. The highest BCUT2D eigenvalue weighted by Crippen LogP contribution is 2.39. The van der Waals surface area contributed by atoms with Crippen LogP contribution in [0, 0.1) is 0 Å². The average Bonchev–Trinajstić information content (AvgIpc) is 3.48. The van der Waals surface area contributed by atoms with Gasteiger partial charge < -0.3 is 20.5 Å². The molecular weight excluding hydrogens is 561 g/mol. The molecule has 1 aromatic heterocycles. The molecule has 0 unspecified atom stereocenters. The summed E-state index contributed by atoms with van der Waals surface area (Å²) >= 11 is 0. The minimum Gasteiger partial charge on any atom is -0.497 e. The Morgan fingerprint density at radius 1 is 1.05 bits per heavy atom. The van der Waals surface area contributed by atoms with Crippen molar-refractivity contribution in [1.82, 2.24) is 20.5 Å². The van der Waals surface area contributed by atoms with E-state index >= 15 is 0 Å². The molecule has 0 radical (unpaired) electrons. The van der Waals surface area contributed by atoms with E-state index in [0.717, 1.165) is 60.9 Å². The van der Waals surface area contributed by atoms with Gasteiger partial charge in [0, 0.05) is 42.5 Å². The van der Waals surface area contributed by atoms with Gasteiger partial charge in [-0.15, -0.1) is 0 Å². The van der Waals surface area contributed by atoms with Crippen LogP contribution in [-0.2, 0) is 16.6 Å². The lowest BCUT2D eigenvalue weighted by Crippen LogP contribution is -2.45. The minimum atomic E-state index is -4.56. The molecule has 1 aliphatic carbocycles. The van der Waals surface area contributed by atoms with Crippen LogP contribution in [0.25, 0.3) is 11.1 Å². The lowest BCUT2D eigenvalue weighted by Gasteiger charge is -2.39. The van der Waals surface area contributed by atoms with Gasteiger partial charge in [0.2, 0.25) is 5.91 Å². The highest BCUT2D eigenvalue weighted by molar-refractivity contribution is 5.96. The number of amides is 2. The van der Waals surface area contributed by atoms with Crippen LogP contribution in [-0.4, -0.2) is 65.6 Å². The summed E-state index contributed by atoms with van der Waals surface area (Å²) in [6.07, 6.45) is 0.731. The number of methoxy groups -OCH3 is 1. The van der Waals surface area contributed by atoms with E-state index in [-0.39, 0.29) is 24.2 Å². The molecule has 2 aliphatic rings. The lowest BCUT2D eigenvalue weighted by atomic mass is 9.79. The van der Waals surface area contributed by atoms with E-state index in [1.165, 1.54) is 6.07 Å². The topological polar surface area (TPSA) is 104 Å². The summed E-state index contributed by atoms with van der Waals surface area (Å²) in [5, 5.41) is 16.7. The van der Waals surface area contributed by atoms with Crippen LogP contribution in [0.1, 0.15) is 53.7 Å². The molecule has 11 heteroatoms. The van der Waals surface area contributed by atoms with Crippen molar-refractivity contribution in [3.63, 3.8) is 0 Å². The number of aliphatic hydroxyl groups is 1. The first-order valence-corrected chi connectivity index (χ1v) is 14.4. The van der Waals surface area contributed by atoms with Crippen LogP contribution in [0.3, 0.4) is 0 Å². The largest absolute Gasteiger partial charge is 0.497 e. The third kappa shape index (κ3) is 7.34. The maximum absolute atomic E-state index is 12.9. The van der Waals surface area contributed by atoms with Crippen molar-refractivity contribution >= 4 is 11.8 Å². The normalized spacial score (nSPS) is 22.6. The van der Waals surface area contributed by atoms with Crippen molar-refractivity contribution in [2.24, 2.45) is 0 Å². The van der Waals surface area contributed by atoms with Crippen molar-refractivity contribution in [2.45, 2.75) is 56.0 Å². The monoisotopic (exact) mass is 596 g/mol. The highest BCUT2D eigenvalue weighted by atomic mass is 19.4. The van der Waals surface area contributed by atoms with Crippen LogP contribution in [0.4, 0.5) is 13.2 Å². The molecule has 1 atom stereocenters. The summed E-state index contributed by atoms with van der Waals surface area (Å²) in [6, 6.07) is 15.9. The molecule has 43 heavy (non-hydrogen) atoms. The molecule has 1 saturated carbocycles. The molecule has 8 nitrogen and oxygen atoms in total. The van der Waals surface area contributed by atoms with Gasteiger partial charge in [-0.2, -0.15) is 13.2 Å². The van der Waals surface area contributed by atoms with Gasteiger partial charge in [-0.25, -0.2) is 0 Å². The van der Waals surface area contributed by atoms with E-state index in [2.05, 4.69) is 20.5 Å². The standard InChI is InChI=1S/C32H35F3N4O4/c1-43-27-7-3-4-21(17-27)23-8-9-28(36-18-23)31(42)13-10-26(11-14-31)39-15-12-25(20-39)38-29(40)19-37-30(41)22-5-2-6-24(16-22)32(33,34)35/h2-9,16-18,25-26,42H,10-15,19-20H2,1H3,(H,37,41)(H,38,40)/t25-,26?,31?/m1/s1. The lowest BCUT2D eigenvalue weighted by molar-refractivity contribution is -0.137. The van der Waals surface area contributed by atoms with Gasteiger partial charge >= 0.3 is 6.18 Å². The van der Waals surface area contributed by atoms with E-state index in [4.69, 9.17) is 4.74 Å². The number of ether oxygens (including phenoxy) is 1. The Bertz CT molecular complexity index is 1440. The molecule has 2 fully saturated rings. The number of likely N-dealkylation sites (tertiary alicyclic amines) is 1. The second-order valence-corrected chi connectivity index (χ2v) is 11.2. The van der Waals surface area contributed by atoms with Crippen molar-refractivity contribution < 1.29 is 32.6 Å². The number of benzene rings is 2. The van der Waals surface area contributed by atoms with Gasteiger partial charge in [0.25, 0.3) is 5.91 Å². The highest BCUT2D eigenvalue weighted by Gasteiger charge is 2.39. The zero-order valence-electron chi connectivity index (χ0n) is 23.9. The SMILES string of the molecule is COc1cccc(-c2ccc(C3(O)CCC(N4CC[C@@H](NC(=O)CNC(=O)c5cccc(C(F)(F)F)c5)C4)CC3)nc2)c1. The fraction of sp³-hybridized carbons (Fsp3) is 0.406. The van der Waals surface area contributed by atoms with Gasteiger partial charge in [0.15, 0.2) is 0 Å². The minimum absolute atomic E-state index is 0.0930. The Morgan fingerprint density at radius 3 is 2.51 bits per heavy atom. The fourth-order valence-electron chi connectivity index (χ4n) is 5.96. The summed E-state index contributed by atoms with van der Waals surface area (Å²) in [7, 11) is 1.63. The van der Waals surface area contributed by atoms with E-state index < -0.39 is 29.2 Å². The average molecular weight is 597 g/mol. The summed E-state index contributed by atoms with van der Waals surface area (Å²) in [4.78, 5) is 31.7. The number of halogens is 3. The fourth-order valence-corrected chi connectivity index (χ4v) is 5.96. The molecule has 3 N–H and O–H groups in total. The van der Waals surface area contributed by atoms with Crippen LogP contribution in [0.5, 0.6) is 5.75 Å². The molecule has 0 bridgehead atoms. The van der Waals surface area contributed by atoms with E-state index in [1.807, 2.05) is 36.4 Å². The maximum atomic E-state index is 12.9. The second kappa shape index (κ2) is 12.7. The quantitative estimate of drug-likeness (QED) is 0.353. The molecule has 0 spiro atoms. The smallest absolute Gasteiger partial charge is 0.416 e. The molecule has 2 aromatic carbocycles. The van der Waals surface area contributed by atoms with E-state index in [9.17, 15) is 27.9 Å². The van der Waals surface area contributed by atoms with Crippen molar-refractivity contribution in [1.29, 1.82) is 0 Å². The number of aromatic nitrogens is 1. The Balaban J connectivity index is 1.07. The zero-order chi connectivity index (χ0) is 30.6. The Kier molecular flexibility index (Phi) is 9.03. The number of hydrogen-bond acceptors (Lipinski definition) is 6. The second-order valence-electron chi connectivity index (χ2n) is 11.2. The molecule has 228 valence electrons. The molecular formula is C32H35F3N4O4. The number of pyridine rings is 1. The van der Waals surface area contributed by atoms with Gasteiger partial charge in [0.1, 0.15) is 11.4 Å². The van der Waals surface area contributed by atoms with Crippen molar-refractivity contribution in [3.8, 4) is 16.9 Å². The molecule has 2 amide bonds. The first-order chi connectivity index (χ1) is 20.5. The van der Waals surface area contributed by atoms with Crippen molar-refractivity contribution in [2.75, 3.05) is 26.7 Å². The van der Waals surface area contributed by atoms with Crippen LogP contribution >= 0.6 is 0 Å². The van der Waals surface area contributed by atoms with Crippen LogP contribution in [0.15, 0.2) is 66.9 Å². The molecule has 2 heterocycles. The first-order valence-electron chi connectivity index (χ1n) is 14.4. The molecule has 1 saturated heterocycles. The number of hydrogen-bond donors (Lipinski definition) is 3. The number of nitrogens with zero attached hydrogens (tertiary/aromatic N) is 2. The van der Waals surface area contributed by atoms with Gasteiger partial charge in [-0.05, 0) is 74.1 Å². The predicted octanol–water partition coefficient (Wildman–Crippen LogP) is 4.53. The Morgan fingerprint density at radius 2 is 1.81 bits per heavy atom. The summed E-state index contributed by atoms with van der Waals surface area (Å²) < 4.78 is 44.1. The molecule has 5 rings (SSSR count). The number of rotatable bonds is 8. The van der Waals surface area contributed by atoms with Gasteiger partial charge in [-0.1, -0.05) is 24.3 Å². The maximum Gasteiger partial charge on any atom is 0.416 e. The van der Waals surface area contributed by atoms with E-state index in [1.54, 1.807) is 13.3 Å². The molecule has 3 aromatic rings. The number of carbonyl (C=O) groups is 2. The number of alkyl halides is 3. The van der Waals surface area contributed by atoms with Crippen LogP contribution < -0.4 is 15.4 Å². The third-order valence-corrected chi connectivity index (χ3v) is 8.39.